The van der Waals surface area contributed by atoms with Gasteiger partial charge in [0.2, 0.25) is 0 Å². The van der Waals surface area contributed by atoms with E-state index in [0.29, 0.717) is 22.3 Å². The summed E-state index contributed by atoms with van der Waals surface area (Å²) in [6.07, 6.45) is 1.44. The maximum absolute atomic E-state index is 12.9. The molecular weight excluding hydrogens is 476 g/mol. The molecule has 4 aromatic rings. The van der Waals surface area contributed by atoms with Crippen LogP contribution in [0.4, 0.5) is 11.4 Å². The molecule has 0 aliphatic heterocycles. The number of para-hydroxylation sites is 1. The molecule has 1 heterocycles. The van der Waals surface area contributed by atoms with Crippen molar-refractivity contribution in [3.8, 4) is 23.0 Å². The summed E-state index contributed by atoms with van der Waals surface area (Å²) in [6.45, 7) is -0.0692. The monoisotopic (exact) mass is 494 g/mol. The summed E-state index contributed by atoms with van der Waals surface area (Å²) in [7, 11) is 1.54. The van der Waals surface area contributed by atoms with E-state index in [0.717, 1.165) is 0 Å². The van der Waals surface area contributed by atoms with Gasteiger partial charge in [0, 0.05) is 18.3 Å². The van der Waals surface area contributed by atoms with Gasteiger partial charge >= 0.3 is 0 Å². The van der Waals surface area contributed by atoms with Crippen molar-refractivity contribution in [2.24, 2.45) is 0 Å². The fourth-order valence-corrected chi connectivity index (χ4v) is 3.31. The number of nitrogens with zero attached hydrogens (tertiary/aromatic N) is 3. The highest BCUT2D eigenvalue weighted by molar-refractivity contribution is 6.32. The SMILES string of the molecule is COc1ccc(Oc2cc(NC(=O)c3ccnn3COc3ccccc3Cl)cc([N+](=O)[O-])c2)cc1. The van der Waals surface area contributed by atoms with Crippen molar-refractivity contribution in [2.45, 2.75) is 6.73 Å². The summed E-state index contributed by atoms with van der Waals surface area (Å²) in [6, 6.07) is 19.1. The van der Waals surface area contributed by atoms with Crippen LogP contribution < -0.4 is 19.5 Å². The number of nitro benzene ring substituents is 1. The van der Waals surface area contributed by atoms with Crippen molar-refractivity contribution in [1.82, 2.24) is 9.78 Å². The minimum absolute atomic E-state index is 0.0692. The predicted molar refractivity (Wildman–Crippen MR) is 128 cm³/mol. The Hall–Kier alpha value is -4.57. The normalized spacial score (nSPS) is 10.5. The highest BCUT2D eigenvalue weighted by Gasteiger charge is 2.17. The van der Waals surface area contributed by atoms with Crippen LogP contribution in [-0.4, -0.2) is 27.7 Å². The van der Waals surface area contributed by atoms with E-state index in [2.05, 4.69) is 10.4 Å². The molecule has 0 unspecified atom stereocenters. The van der Waals surface area contributed by atoms with Crippen molar-refractivity contribution in [2.75, 3.05) is 12.4 Å². The number of hydrogen-bond donors (Lipinski definition) is 1. The fraction of sp³-hybridized carbons (Fsp3) is 0.0833. The van der Waals surface area contributed by atoms with Gasteiger partial charge in [-0.2, -0.15) is 5.10 Å². The lowest BCUT2D eigenvalue weighted by molar-refractivity contribution is -0.384. The van der Waals surface area contributed by atoms with Crippen LogP contribution in [0.25, 0.3) is 0 Å². The number of methoxy groups -OCH3 is 1. The smallest absolute Gasteiger partial charge is 0.275 e. The summed E-state index contributed by atoms with van der Waals surface area (Å²) < 4.78 is 17.8. The Bertz CT molecular complexity index is 1360. The maximum Gasteiger partial charge on any atom is 0.275 e. The highest BCUT2D eigenvalue weighted by atomic mass is 35.5. The number of non-ortho nitro benzene ring substituents is 1. The first-order valence-corrected chi connectivity index (χ1v) is 10.6. The molecule has 1 amide bonds. The lowest BCUT2D eigenvalue weighted by Gasteiger charge is -2.12. The number of anilines is 1. The number of amides is 1. The molecule has 35 heavy (non-hydrogen) atoms. The molecule has 3 aromatic carbocycles. The van der Waals surface area contributed by atoms with Crippen LogP contribution in [0.2, 0.25) is 5.02 Å². The van der Waals surface area contributed by atoms with Crippen LogP contribution in [0.5, 0.6) is 23.0 Å². The van der Waals surface area contributed by atoms with Crippen LogP contribution in [0.15, 0.2) is 79.0 Å². The number of carbonyl (C=O) groups excluding carboxylic acids is 1. The van der Waals surface area contributed by atoms with Gasteiger partial charge in [-0.3, -0.25) is 14.9 Å². The number of carbonyl (C=O) groups is 1. The van der Waals surface area contributed by atoms with Gasteiger partial charge in [0.1, 0.15) is 28.7 Å². The quantitative estimate of drug-likeness (QED) is 0.240. The molecule has 1 N–H and O–H groups in total. The van der Waals surface area contributed by atoms with Gasteiger partial charge in [0.05, 0.1) is 28.8 Å². The number of nitro groups is 1. The van der Waals surface area contributed by atoms with Crippen LogP contribution in [0, 0.1) is 10.1 Å². The Morgan fingerprint density at radius 2 is 1.80 bits per heavy atom. The molecule has 10 nitrogen and oxygen atoms in total. The Morgan fingerprint density at radius 3 is 2.51 bits per heavy atom. The van der Waals surface area contributed by atoms with Crippen LogP contribution in [0.1, 0.15) is 10.5 Å². The third-order valence-corrected chi connectivity index (χ3v) is 5.10. The third-order valence-electron chi connectivity index (χ3n) is 4.78. The maximum atomic E-state index is 12.9. The van der Waals surface area contributed by atoms with E-state index < -0.39 is 10.8 Å². The lowest BCUT2D eigenvalue weighted by atomic mass is 10.2. The largest absolute Gasteiger partial charge is 0.497 e. The van der Waals surface area contributed by atoms with E-state index in [1.807, 2.05) is 0 Å². The van der Waals surface area contributed by atoms with Gasteiger partial charge in [0.15, 0.2) is 6.73 Å². The molecule has 11 heteroatoms. The van der Waals surface area contributed by atoms with Gasteiger partial charge in [-0.1, -0.05) is 23.7 Å². The Kier molecular flexibility index (Phi) is 7.12. The van der Waals surface area contributed by atoms with Gasteiger partial charge in [-0.25, -0.2) is 4.68 Å². The summed E-state index contributed by atoms with van der Waals surface area (Å²) in [4.78, 5) is 23.8. The van der Waals surface area contributed by atoms with Crippen molar-refractivity contribution in [3.05, 3.63) is 99.8 Å². The lowest BCUT2D eigenvalue weighted by Crippen LogP contribution is -2.19. The summed E-state index contributed by atoms with van der Waals surface area (Å²) in [5, 5.41) is 18.6. The summed E-state index contributed by atoms with van der Waals surface area (Å²) in [5.74, 6) is 1.16. The Balaban J connectivity index is 1.51. The molecule has 0 radical (unpaired) electrons. The number of hydrogen-bond acceptors (Lipinski definition) is 7. The van der Waals surface area contributed by atoms with Crippen LogP contribution in [0.3, 0.4) is 0 Å². The number of benzene rings is 3. The molecule has 0 atom stereocenters. The number of rotatable bonds is 9. The highest BCUT2D eigenvalue weighted by Crippen LogP contribution is 2.31. The molecule has 0 saturated carbocycles. The molecule has 0 fully saturated rings. The second-order valence-electron chi connectivity index (χ2n) is 7.12. The fourth-order valence-electron chi connectivity index (χ4n) is 3.12. The topological polar surface area (TPSA) is 118 Å². The minimum Gasteiger partial charge on any atom is -0.497 e. The number of halogens is 1. The number of aromatic nitrogens is 2. The molecule has 0 bridgehead atoms. The number of nitrogens with one attached hydrogen (secondary N) is 1. The first-order chi connectivity index (χ1) is 16.9. The first kappa shape index (κ1) is 23.6. The molecular formula is C24H19ClN4O6. The Morgan fingerprint density at radius 1 is 1.06 bits per heavy atom. The molecule has 0 aliphatic carbocycles. The molecule has 0 saturated heterocycles. The molecule has 0 spiro atoms. The third kappa shape index (κ3) is 5.87. The average Bonchev–Trinajstić information content (AvgIpc) is 3.33. The molecule has 0 aliphatic rings. The zero-order valence-electron chi connectivity index (χ0n) is 18.4. The average molecular weight is 495 g/mol. The van der Waals surface area contributed by atoms with Crippen molar-refractivity contribution in [3.63, 3.8) is 0 Å². The van der Waals surface area contributed by atoms with Gasteiger partial charge in [0.25, 0.3) is 11.6 Å². The van der Waals surface area contributed by atoms with Crippen molar-refractivity contribution < 1.29 is 23.9 Å². The zero-order valence-corrected chi connectivity index (χ0v) is 19.1. The molecule has 178 valence electrons. The van der Waals surface area contributed by atoms with E-state index in [-0.39, 0.29) is 29.5 Å². The second-order valence-corrected chi connectivity index (χ2v) is 7.53. The van der Waals surface area contributed by atoms with Crippen LogP contribution >= 0.6 is 11.6 Å². The number of ether oxygens (including phenoxy) is 3. The van der Waals surface area contributed by atoms with E-state index in [4.69, 9.17) is 25.8 Å². The molecule has 1 aromatic heterocycles. The predicted octanol–water partition coefficient (Wildman–Crippen LogP) is 5.53. The van der Waals surface area contributed by atoms with Gasteiger partial charge in [-0.05, 0) is 42.5 Å². The van der Waals surface area contributed by atoms with Crippen LogP contribution in [-0.2, 0) is 6.73 Å². The first-order valence-electron chi connectivity index (χ1n) is 10.2. The van der Waals surface area contributed by atoms with Gasteiger partial charge < -0.3 is 19.5 Å². The van der Waals surface area contributed by atoms with E-state index in [1.165, 1.54) is 35.1 Å². The van der Waals surface area contributed by atoms with Crippen molar-refractivity contribution >= 4 is 28.9 Å². The summed E-state index contributed by atoms with van der Waals surface area (Å²) in [5.41, 5.74) is 0.107. The standard InChI is InChI=1S/C24H19ClN4O6/c1-33-18-6-8-19(9-7-18)35-20-13-16(12-17(14-20)29(31)32)27-24(30)22-10-11-26-28(22)15-34-23-5-3-2-4-21(23)25/h2-14H,15H2,1H3,(H,27,30). The van der Waals surface area contributed by atoms with Gasteiger partial charge in [-0.15, -0.1) is 0 Å². The summed E-state index contributed by atoms with van der Waals surface area (Å²) >= 11 is 6.10. The van der Waals surface area contributed by atoms with E-state index in [1.54, 1.807) is 55.6 Å². The zero-order chi connectivity index (χ0) is 24.8. The van der Waals surface area contributed by atoms with E-state index >= 15 is 0 Å². The Labute approximate surface area is 204 Å². The van der Waals surface area contributed by atoms with Crippen molar-refractivity contribution in [1.29, 1.82) is 0 Å². The second kappa shape index (κ2) is 10.6. The minimum atomic E-state index is -0.571. The molecule has 4 rings (SSSR count). The van der Waals surface area contributed by atoms with E-state index in [9.17, 15) is 14.9 Å².